The van der Waals surface area contributed by atoms with E-state index in [0.717, 1.165) is 21.2 Å². The van der Waals surface area contributed by atoms with Crippen molar-refractivity contribution in [2.45, 2.75) is 26.2 Å². The summed E-state index contributed by atoms with van der Waals surface area (Å²) in [6.07, 6.45) is 3.75. The Balaban J connectivity index is 1.53. The predicted molar refractivity (Wildman–Crippen MR) is 133 cm³/mol. The van der Waals surface area contributed by atoms with Gasteiger partial charge in [0.15, 0.2) is 0 Å². The Labute approximate surface area is 194 Å². The number of hydrogen-bond donors (Lipinski definition) is 1. The molecule has 0 saturated carbocycles. The van der Waals surface area contributed by atoms with Crippen LogP contribution in [0.3, 0.4) is 0 Å². The van der Waals surface area contributed by atoms with Gasteiger partial charge in [-0.15, -0.1) is 0 Å². The highest BCUT2D eigenvalue weighted by molar-refractivity contribution is 14.1. The highest BCUT2D eigenvalue weighted by Gasteiger charge is 2.31. The third-order valence-electron chi connectivity index (χ3n) is 4.45. The molecule has 1 heterocycles. The van der Waals surface area contributed by atoms with Crippen LogP contribution >= 0.6 is 46.6 Å². The maximum absolute atomic E-state index is 12.7. The number of nitrogens with zero attached hydrogens (tertiary/aromatic N) is 1. The molecule has 4 nitrogen and oxygen atoms in total. The van der Waals surface area contributed by atoms with Gasteiger partial charge in [0.2, 0.25) is 5.91 Å². The number of aryl methyl sites for hydroxylation is 1. The number of rotatable bonds is 7. The third-order valence-corrected chi connectivity index (χ3v) is 6.50. The lowest BCUT2D eigenvalue weighted by molar-refractivity contribution is -0.122. The first-order valence-corrected chi connectivity index (χ1v) is 11.7. The van der Waals surface area contributed by atoms with Crippen LogP contribution in [-0.4, -0.2) is 27.6 Å². The topological polar surface area (TPSA) is 49.4 Å². The van der Waals surface area contributed by atoms with Gasteiger partial charge in [-0.2, -0.15) is 0 Å². The molecule has 2 aromatic rings. The van der Waals surface area contributed by atoms with Crippen molar-refractivity contribution in [1.29, 1.82) is 0 Å². The van der Waals surface area contributed by atoms with E-state index in [2.05, 4.69) is 47.0 Å². The van der Waals surface area contributed by atoms with Crippen LogP contribution in [0.4, 0.5) is 5.69 Å². The molecule has 0 aliphatic carbocycles. The van der Waals surface area contributed by atoms with E-state index in [1.54, 1.807) is 4.90 Å². The number of thioether (sulfide) groups is 1. The van der Waals surface area contributed by atoms with Gasteiger partial charge >= 0.3 is 0 Å². The highest BCUT2D eigenvalue weighted by Crippen LogP contribution is 2.32. The fourth-order valence-corrected chi connectivity index (χ4v) is 4.73. The lowest BCUT2D eigenvalue weighted by Crippen LogP contribution is -2.29. The van der Waals surface area contributed by atoms with Crippen LogP contribution in [0.2, 0.25) is 0 Å². The summed E-state index contributed by atoms with van der Waals surface area (Å²) in [5.74, 6) is -0.151. The molecule has 150 valence electrons. The summed E-state index contributed by atoms with van der Waals surface area (Å²) >= 11 is 8.90. The number of carbonyl (C=O) groups excluding carboxylic acids is 2. The summed E-state index contributed by atoms with van der Waals surface area (Å²) in [5.41, 5.74) is 3.03. The molecule has 1 aliphatic heterocycles. The Bertz CT molecular complexity index is 958. The van der Waals surface area contributed by atoms with Crippen LogP contribution in [-0.2, 0) is 16.0 Å². The molecule has 0 atom stereocenters. The molecule has 3 rings (SSSR count). The van der Waals surface area contributed by atoms with Crippen molar-refractivity contribution in [2.24, 2.45) is 0 Å². The summed E-state index contributed by atoms with van der Waals surface area (Å²) < 4.78 is 1.61. The second-order valence-electron chi connectivity index (χ2n) is 6.59. The molecule has 29 heavy (non-hydrogen) atoms. The fraction of sp³-hybridized carbons (Fsp3) is 0.227. The van der Waals surface area contributed by atoms with Crippen LogP contribution in [0.5, 0.6) is 0 Å². The largest absolute Gasteiger partial charge is 0.326 e. The third kappa shape index (κ3) is 6.13. The van der Waals surface area contributed by atoms with Crippen molar-refractivity contribution < 1.29 is 9.59 Å². The molecule has 2 aromatic carbocycles. The molecule has 0 bridgehead atoms. The van der Waals surface area contributed by atoms with Crippen LogP contribution in [0.1, 0.15) is 30.9 Å². The molecule has 0 aromatic heterocycles. The number of benzene rings is 2. The predicted octanol–water partition coefficient (Wildman–Crippen LogP) is 5.47. The average molecular weight is 536 g/mol. The highest BCUT2D eigenvalue weighted by atomic mass is 127. The molecule has 0 radical (unpaired) electrons. The van der Waals surface area contributed by atoms with Crippen molar-refractivity contribution in [1.82, 2.24) is 4.90 Å². The Kier molecular flexibility index (Phi) is 7.85. The van der Waals surface area contributed by atoms with E-state index >= 15 is 0 Å². The lowest BCUT2D eigenvalue weighted by Gasteiger charge is -2.14. The molecule has 1 fully saturated rings. The van der Waals surface area contributed by atoms with Crippen molar-refractivity contribution >= 4 is 74.5 Å². The zero-order valence-electron chi connectivity index (χ0n) is 16.0. The van der Waals surface area contributed by atoms with Crippen molar-refractivity contribution in [2.75, 3.05) is 11.9 Å². The molecular weight excluding hydrogens is 515 g/mol. The van der Waals surface area contributed by atoms with Crippen LogP contribution in [0.25, 0.3) is 6.08 Å². The zero-order valence-corrected chi connectivity index (χ0v) is 19.8. The monoisotopic (exact) mass is 536 g/mol. The zero-order chi connectivity index (χ0) is 20.8. The van der Waals surface area contributed by atoms with Gasteiger partial charge in [-0.25, -0.2) is 0 Å². The Morgan fingerprint density at radius 2 is 2.00 bits per heavy atom. The average Bonchev–Trinajstić information content (AvgIpc) is 2.96. The normalized spacial score (nSPS) is 15.2. The van der Waals surface area contributed by atoms with Gasteiger partial charge in [0, 0.05) is 22.2 Å². The minimum absolute atomic E-state index is 0.0657. The number of hydrogen-bond acceptors (Lipinski definition) is 4. The first kappa shape index (κ1) is 22.0. The number of nitrogens with one attached hydrogen (secondary N) is 1. The molecule has 7 heteroatoms. The quantitative estimate of drug-likeness (QED) is 0.290. The number of amides is 2. The summed E-state index contributed by atoms with van der Waals surface area (Å²) in [6.45, 7) is 2.55. The van der Waals surface area contributed by atoms with E-state index < -0.39 is 0 Å². The van der Waals surface area contributed by atoms with E-state index in [-0.39, 0.29) is 11.8 Å². The van der Waals surface area contributed by atoms with Crippen LogP contribution in [0, 0.1) is 3.57 Å². The van der Waals surface area contributed by atoms with Crippen LogP contribution in [0.15, 0.2) is 53.4 Å². The summed E-state index contributed by atoms with van der Waals surface area (Å²) in [4.78, 5) is 27.1. The van der Waals surface area contributed by atoms with Crippen LogP contribution < -0.4 is 5.32 Å². The maximum Gasteiger partial charge on any atom is 0.266 e. The number of carbonyl (C=O) groups is 2. The van der Waals surface area contributed by atoms with Gasteiger partial charge in [-0.1, -0.05) is 61.2 Å². The molecule has 1 N–H and O–H groups in total. The van der Waals surface area contributed by atoms with Gasteiger partial charge in [-0.3, -0.25) is 14.5 Å². The molecule has 2 amide bonds. The smallest absolute Gasteiger partial charge is 0.266 e. The van der Waals surface area contributed by atoms with E-state index in [4.69, 9.17) is 12.2 Å². The first-order chi connectivity index (χ1) is 14.0. The number of thiocarbonyl (C=S) groups is 1. The summed E-state index contributed by atoms with van der Waals surface area (Å²) in [5, 5.41) is 2.88. The molecule has 0 spiro atoms. The van der Waals surface area contributed by atoms with E-state index in [1.807, 2.05) is 42.5 Å². The minimum Gasteiger partial charge on any atom is -0.326 e. The standard InChI is InChI=1S/C22H21IN2O2S2/c1-2-15-8-10-16(11-9-15)13-19-21(27)25(22(28)29-19)12-4-7-20(26)24-18-6-3-5-17(23)14-18/h3,5-6,8-11,13-14H,2,4,7,12H2,1H3,(H,24,26). The summed E-state index contributed by atoms with van der Waals surface area (Å²) in [7, 11) is 0. The Morgan fingerprint density at radius 1 is 1.24 bits per heavy atom. The van der Waals surface area contributed by atoms with Crippen molar-refractivity contribution in [3.8, 4) is 0 Å². The molecule has 0 unspecified atom stereocenters. The molecule has 1 saturated heterocycles. The SMILES string of the molecule is CCc1ccc(C=C2SC(=S)N(CCCC(=O)Nc3cccc(I)c3)C2=O)cc1. The van der Waals surface area contributed by atoms with Gasteiger partial charge in [0.05, 0.1) is 4.91 Å². The number of halogens is 1. The van der Waals surface area contributed by atoms with Gasteiger partial charge in [0.1, 0.15) is 4.32 Å². The fourth-order valence-electron chi connectivity index (χ4n) is 2.88. The maximum atomic E-state index is 12.7. The van der Waals surface area contributed by atoms with E-state index in [0.29, 0.717) is 28.6 Å². The second-order valence-corrected chi connectivity index (χ2v) is 9.51. The second kappa shape index (κ2) is 10.4. The summed E-state index contributed by atoms with van der Waals surface area (Å²) in [6, 6.07) is 15.8. The van der Waals surface area contributed by atoms with Crippen molar-refractivity contribution in [3.05, 3.63) is 68.1 Å². The molecule has 1 aliphatic rings. The van der Waals surface area contributed by atoms with E-state index in [1.165, 1.54) is 17.3 Å². The molecular formula is C22H21IN2O2S2. The lowest BCUT2D eigenvalue weighted by atomic mass is 10.1. The van der Waals surface area contributed by atoms with Gasteiger partial charge in [-0.05, 0) is 70.8 Å². The Morgan fingerprint density at radius 3 is 2.69 bits per heavy atom. The van der Waals surface area contributed by atoms with Gasteiger partial charge in [0.25, 0.3) is 5.91 Å². The minimum atomic E-state index is -0.0856. The van der Waals surface area contributed by atoms with Crippen molar-refractivity contribution in [3.63, 3.8) is 0 Å². The van der Waals surface area contributed by atoms with E-state index in [9.17, 15) is 9.59 Å². The van der Waals surface area contributed by atoms with Gasteiger partial charge < -0.3 is 5.32 Å². The number of anilines is 1. The Hall–Kier alpha value is -1.71. The first-order valence-electron chi connectivity index (χ1n) is 9.36.